The smallest absolute Gasteiger partial charge is 0.279 e. The predicted octanol–water partition coefficient (Wildman–Crippen LogP) is 0.918. The molecule has 0 aromatic heterocycles. The van der Waals surface area contributed by atoms with Crippen molar-refractivity contribution in [3.8, 4) is 11.5 Å². The van der Waals surface area contributed by atoms with E-state index in [4.69, 9.17) is 15.2 Å². The second-order valence-corrected chi connectivity index (χ2v) is 5.38. The Morgan fingerprint density at radius 3 is 2.33 bits per heavy atom. The van der Waals surface area contributed by atoms with E-state index in [9.17, 15) is 18.8 Å². The molecule has 2 aromatic rings. The molecular weight excluding hydrogens is 357 g/mol. The van der Waals surface area contributed by atoms with Crippen molar-refractivity contribution in [2.45, 2.75) is 13.0 Å². The molecule has 0 spiro atoms. The van der Waals surface area contributed by atoms with Crippen LogP contribution < -0.4 is 26.1 Å². The molecule has 0 aliphatic heterocycles. The fourth-order valence-electron chi connectivity index (χ4n) is 1.99. The molecule has 0 saturated carbocycles. The van der Waals surface area contributed by atoms with Gasteiger partial charge in [0.15, 0.2) is 24.3 Å². The molecule has 3 amide bonds. The van der Waals surface area contributed by atoms with Crippen molar-refractivity contribution in [1.29, 1.82) is 0 Å². The first-order valence-corrected chi connectivity index (χ1v) is 7.90. The standard InChI is InChI=1S/C18H18FN3O5/c1-11(27-15-9-5-3-7-13(15)19)18(25)22-21-16(23)10-26-14-8-4-2-6-12(14)17(20)24/h2-9,11H,10H2,1H3,(H2,20,24)(H,21,23)(H,22,25)/t11-/m1/s1. The fourth-order valence-corrected chi connectivity index (χ4v) is 1.99. The van der Waals surface area contributed by atoms with Gasteiger partial charge in [0.25, 0.3) is 17.7 Å². The van der Waals surface area contributed by atoms with Gasteiger partial charge in [-0.25, -0.2) is 4.39 Å². The molecule has 0 fully saturated rings. The van der Waals surface area contributed by atoms with Gasteiger partial charge in [-0.1, -0.05) is 24.3 Å². The van der Waals surface area contributed by atoms with Crippen LogP contribution in [0.15, 0.2) is 48.5 Å². The average molecular weight is 375 g/mol. The van der Waals surface area contributed by atoms with Crippen LogP contribution in [0.5, 0.6) is 11.5 Å². The van der Waals surface area contributed by atoms with Crippen LogP contribution in [0.25, 0.3) is 0 Å². The van der Waals surface area contributed by atoms with Gasteiger partial charge in [0.1, 0.15) is 5.75 Å². The number of benzene rings is 2. The highest BCUT2D eigenvalue weighted by Gasteiger charge is 2.17. The first-order chi connectivity index (χ1) is 12.9. The molecule has 0 bridgehead atoms. The Morgan fingerprint density at radius 1 is 1.04 bits per heavy atom. The van der Waals surface area contributed by atoms with E-state index in [-0.39, 0.29) is 17.1 Å². The monoisotopic (exact) mass is 375 g/mol. The molecule has 0 aliphatic carbocycles. The number of hydrazine groups is 1. The Bertz CT molecular complexity index is 843. The Balaban J connectivity index is 1.80. The van der Waals surface area contributed by atoms with Crippen LogP contribution in [0, 0.1) is 5.82 Å². The van der Waals surface area contributed by atoms with E-state index in [2.05, 4.69) is 10.9 Å². The highest BCUT2D eigenvalue weighted by Crippen LogP contribution is 2.17. The first kappa shape index (κ1) is 19.7. The van der Waals surface area contributed by atoms with Gasteiger partial charge in [-0.2, -0.15) is 0 Å². The zero-order chi connectivity index (χ0) is 19.8. The van der Waals surface area contributed by atoms with E-state index in [1.807, 2.05) is 0 Å². The van der Waals surface area contributed by atoms with Gasteiger partial charge in [-0.3, -0.25) is 25.2 Å². The lowest BCUT2D eigenvalue weighted by Gasteiger charge is -2.15. The van der Waals surface area contributed by atoms with Crippen LogP contribution in [-0.4, -0.2) is 30.4 Å². The van der Waals surface area contributed by atoms with Crippen LogP contribution in [0.1, 0.15) is 17.3 Å². The maximum absolute atomic E-state index is 13.5. The quantitative estimate of drug-likeness (QED) is 0.622. The van der Waals surface area contributed by atoms with Gasteiger partial charge < -0.3 is 15.2 Å². The summed E-state index contributed by atoms with van der Waals surface area (Å²) >= 11 is 0. The minimum atomic E-state index is -1.06. The molecule has 142 valence electrons. The molecule has 0 aliphatic rings. The summed E-state index contributed by atoms with van der Waals surface area (Å²) in [6.45, 7) is 0.931. The lowest BCUT2D eigenvalue weighted by atomic mass is 10.2. The Morgan fingerprint density at radius 2 is 1.67 bits per heavy atom. The highest BCUT2D eigenvalue weighted by molar-refractivity contribution is 5.95. The van der Waals surface area contributed by atoms with Crippen molar-refractivity contribution in [2.75, 3.05) is 6.61 Å². The molecule has 1 atom stereocenters. The SMILES string of the molecule is C[C@@H](Oc1ccccc1F)C(=O)NNC(=O)COc1ccccc1C(N)=O. The number of rotatable bonds is 7. The van der Waals surface area contributed by atoms with Gasteiger partial charge in [0.2, 0.25) is 0 Å². The summed E-state index contributed by atoms with van der Waals surface area (Å²) in [5.74, 6) is -2.62. The van der Waals surface area contributed by atoms with Crippen LogP contribution in [-0.2, 0) is 9.59 Å². The summed E-state index contributed by atoms with van der Waals surface area (Å²) in [5.41, 5.74) is 9.60. The van der Waals surface area contributed by atoms with E-state index in [1.165, 1.54) is 37.3 Å². The Kier molecular flexibility index (Phi) is 6.70. The number of halogens is 1. The van der Waals surface area contributed by atoms with E-state index in [1.54, 1.807) is 18.2 Å². The molecular formula is C18H18FN3O5. The first-order valence-electron chi connectivity index (χ1n) is 7.90. The van der Waals surface area contributed by atoms with Crippen molar-refractivity contribution >= 4 is 17.7 Å². The number of para-hydroxylation sites is 2. The van der Waals surface area contributed by atoms with E-state index in [0.29, 0.717) is 0 Å². The molecule has 27 heavy (non-hydrogen) atoms. The molecule has 0 saturated heterocycles. The number of hydrogen-bond donors (Lipinski definition) is 3. The summed E-state index contributed by atoms with van der Waals surface area (Å²) in [6.07, 6.45) is -1.06. The molecule has 2 rings (SSSR count). The topological polar surface area (TPSA) is 120 Å². The number of primary amides is 1. The second kappa shape index (κ2) is 9.18. The van der Waals surface area contributed by atoms with Crippen LogP contribution >= 0.6 is 0 Å². The number of nitrogens with two attached hydrogens (primary N) is 1. The Hall–Kier alpha value is -3.62. The third-order valence-corrected chi connectivity index (χ3v) is 3.35. The largest absolute Gasteiger partial charge is 0.483 e. The normalized spacial score (nSPS) is 11.2. The molecule has 4 N–H and O–H groups in total. The van der Waals surface area contributed by atoms with Crippen molar-refractivity contribution in [2.24, 2.45) is 5.73 Å². The minimum absolute atomic E-state index is 0.0853. The Labute approximate surface area is 154 Å². The summed E-state index contributed by atoms with van der Waals surface area (Å²) in [7, 11) is 0. The zero-order valence-electron chi connectivity index (χ0n) is 14.4. The van der Waals surface area contributed by atoms with Gasteiger partial charge >= 0.3 is 0 Å². The predicted molar refractivity (Wildman–Crippen MR) is 93.2 cm³/mol. The maximum Gasteiger partial charge on any atom is 0.279 e. The molecule has 0 heterocycles. The van der Waals surface area contributed by atoms with E-state index in [0.717, 1.165) is 0 Å². The van der Waals surface area contributed by atoms with Crippen LogP contribution in [0.2, 0.25) is 0 Å². The minimum Gasteiger partial charge on any atom is -0.483 e. The number of carbonyl (C=O) groups excluding carboxylic acids is 3. The zero-order valence-corrected chi connectivity index (χ0v) is 14.4. The number of hydrogen-bond acceptors (Lipinski definition) is 5. The second-order valence-electron chi connectivity index (χ2n) is 5.38. The molecule has 8 nitrogen and oxygen atoms in total. The summed E-state index contributed by atoms with van der Waals surface area (Å²) in [4.78, 5) is 34.9. The summed E-state index contributed by atoms with van der Waals surface area (Å²) in [6, 6.07) is 11.8. The fraction of sp³-hybridized carbons (Fsp3) is 0.167. The van der Waals surface area contributed by atoms with Crippen LogP contribution in [0.3, 0.4) is 0 Å². The van der Waals surface area contributed by atoms with Crippen molar-refractivity contribution in [3.63, 3.8) is 0 Å². The van der Waals surface area contributed by atoms with Crippen molar-refractivity contribution in [1.82, 2.24) is 10.9 Å². The summed E-state index contributed by atoms with van der Waals surface area (Å²) < 4.78 is 23.9. The lowest BCUT2D eigenvalue weighted by molar-refractivity contribution is -0.133. The highest BCUT2D eigenvalue weighted by atomic mass is 19.1. The number of nitrogens with one attached hydrogen (secondary N) is 2. The van der Waals surface area contributed by atoms with Crippen LogP contribution in [0.4, 0.5) is 4.39 Å². The van der Waals surface area contributed by atoms with Gasteiger partial charge in [-0.05, 0) is 31.2 Å². The van der Waals surface area contributed by atoms with Crippen molar-refractivity contribution in [3.05, 3.63) is 59.9 Å². The number of carbonyl (C=O) groups is 3. The molecule has 2 aromatic carbocycles. The van der Waals surface area contributed by atoms with Crippen molar-refractivity contribution < 1.29 is 28.2 Å². The molecule has 0 unspecified atom stereocenters. The van der Waals surface area contributed by atoms with Gasteiger partial charge in [-0.15, -0.1) is 0 Å². The van der Waals surface area contributed by atoms with E-state index < -0.39 is 36.2 Å². The van der Waals surface area contributed by atoms with Gasteiger partial charge in [0, 0.05) is 0 Å². The average Bonchev–Trinajstić information content (AvgIpc) is 2.66. The number of amides is 3. The molecule has 9 heteroatoms. The molecule has 0 radical (unpaired) electrons. The number of ether oxygens (including phenoxy) is 2. The third-order valence-electron chi connectivity index (χ3n) is 3.35. The summed E-state index contributed by atoms with van der Waals surface area (Å²) in [5, 5.41) is 0. The third kappa shape index (κ3) is 5.70. The maximum atomic E-state index is 13.5. The lowest BCUT2D eigenvalue weighted by Crippen LogP contribution is -2.48. The van der Waals surface area contributed by atoms with Gasteiger partial charge in [0.05, 0.1) is 5.56 Å². The van der Waals surface area contributed by atoms with E-state index >= 15 is 0 Å².